The van der Waals surface area contributed by atoms with Crippen molar-refractivity contribution in [2.24, 2.45) is 27.9 Å². The SMILES string of the molecule is CC(C)(C)NC(=O)Nc1ccc(CNCCN)cc1OCCCN.CC(C)(C)c1ncc(-c2ccc(CNCCCN=C(N)N)cc2)c(=O)[nH]1. The molecule has 0 aliphatic rings. The third kappa shape index (κ3) is 16.3. The number of aliphatic imine (C=N–C) groups is 1. The summed E-state index contributed by atoms with van der Waals surface area (Å²) in [5, 5.41) is 12.3. The predicted octanol–water partition coefficient (Wildman–Crippen LogP) is 2.87. The molecule has 3 rings (SSSR count). The van der Waals surface area contributed by atoms with E-state index in [1.165, 1.54) is 0 Å². The highest BCUT2D eigenvalue weighted by Crippen LogP contribution is 2.26. The van der Waals surface area contributed by atoms with E-state index in [4.69, 9.17) is 27.7 Å². The lowest BCUT2D eigenvalue weighted by atomic mass is 9.95. The first-order chi connectivity index (χ1) is 23.6. The lowest BCUT2D eigenvalue weighted by Crippen LogP contribution is -2.43. The molecule has 0 radical (unpaired) electrons. The molecule has 14 heteroatoms. The second-order valence-electron chi connectivity index (χ2n) is 13.9. The smallest absolute Gasteiger partial charge is 0.319 e. The van der Waals surface area contributed by atoms with Crippen LogP contribution in [-0.2, 0) is 18.5 Å². The fourth-order valence-electron chi connectivity index (χ4n) is 4.42. The summed E-state index contributed by atoms with van der Waals surface area (Å²) in [6, 6.07) is 13.4. The quantitative estimate of drug-likeness (QED) is 0.0604. The Hall–Kier alpha value is -4.50. The van der Waals surface area contributed by atoms with Crippen molar-refractivity contribution in [1.29, 1.82) is 0 Å². The molecule has 0 aliphatic carbocycles. The summed E-state index contributed by atoms with van der Waals surface area (Å²) in [5.41, 5.74) is 25.2. The van der Waals surface area contributed by atoms with Gasteiger partial charge in [-0.05, 0) is 75.5 Å². The average Bonchev–Trinajstić information content (AvgIpc) is 3.03. The Morgan fingerprint density at radius 2 is 1.56 bits per heavy atom. The molecular formula is C36H59N11O3. The van der Waals surface area contributed by atoms with Gasteiger partial charge in [-0.2, -0.15) is 0 Å². The summed E-state index contributed by atoms with van der Waals surface area (Å²) in [6.45, 7) is 17.1. The van der Waals surface area contributed by atoms with Crippen LogP contribution in [0, 0.1) is 0 Å². The van der Waals surface area contributed by atoms with Crippen LogP contribution >= 0.6 is 0 Å². The largest absolute Gasteiger partial charge is 0.491 e. The summed E-state index contributed by atoms with van der Waals surface area (Å²) in [4.78, 5) is 35.7. The molecule has 0 saturated heterocycles. The molecular weight excluding hydrogens is 634 g/mol. The number of H-pyrrole nitrogens is 1. The lowest BCUT2D eigenvalue weighted by Gasteiger charge is -2.21. The first-order valence-electron chi connectivity index (χ1n) is 17.0. The number of ether oxygens (including phenoxy) is 1. The van der Waals surface area contributed by atoms with Crippen molar-refractivity contribution >= 4 is 17.7 Å². The van der Waals surface area contributed by atoms with E-state index in [1.807, 2.05) is 84.0 Å². The van der Waals surface area contributed by atoms with E-state index in [-0.39, 0.29) is 28.5 Å². The molecule has 0 aliphatic heterocycles. The number of benzene rings is 2. The molecule has 2 aromatic carbocycles. The first-order valence-corrected chi connectivity index (χ1v) is 17.0. The number of urea groups is 1. The van der Waals surface area contributed by atoms with Gasteiger partial charge in [0.25, 0.3) is 5.56 Å². The number of rotatable bonds is 16. The minimum absolute atomic E-state index is 0.115. The van der Waals surface area contributed by atoms with Crippen molar-refractivity contribution in [1.82, 2.24) is 25.9 Å². The highest BCUT2D eigenvalue weighted by atomic mass is 16.5. The van der Waals surface area contributed by atoms with Crippen LogP contribution in [0.15, 0.2) is 58.4 Å². The van der Waals surface area contributed by atoms with E-state index >= 15 is 0 Å². The Labute approximate surface area is 296 Å². The molecule has 1 aromatic heterocycles. The monoisotopic (exact) mass is 693 g/mol. The van der Waals surface area contributed by atoms with E-state index in [0.29, 0.717) is 55.6 Å². The number of hydrogen-bond acceptors (Lipinski definition) is 9. The standard InChI is InChI=1S/C19H28N6O.C17H31N5O2/c1-19(2,3)17-24-12-15(16(26)25-17)14-7-5-13(6-8-14)11-22-9-4-10-23-18(20)21;1-17(2,3)22-16(23)21-14-6-5-13(12-20-9-8-19)11-15(14)24-10-4-7-18/h5-8,12,22H,4,9-11H2,1-3H3,(H4,20,21,23)(H,24,25,26);5-6,11,20H,4,7-10,12,18-19H2,1-3H3,(H2,21,22,23). The molecule has 0 bridgehead atoms. The molecule has 50 heavy (non-hydrogen) atoms. The molecule has 0 spiro atoms. The van der Waals surface area contributed by atoms with Gasteiger partial charge in [0.15, 0.2) is 5.96 Å². The normalized spacial score (nSPS) is 11.3. The lowest BCUT2D eigenvalue weighted by molar-refractivity contribution is 0.243. The van der Waals surface area contributed by atoms with Gasteiger partial charge in [0, 0.05) is 49.9 Å². The number of anilines is 1. The van der Waals surface area contributed by atoms with Gasteiger partial charge in [-0.1, -0.05) is 51.1 Å². The molecule has 3 aromatic rings. The average molecular weight is 694 g/mol. The minimum atomic E-state index is -0.309. The van der Waals surface area contributed by atoms with E-state index < -0.39 is 0 Å². The van der Waals surface area contributed by atoms with Gasteiger partial charge in [0.2, 0.25) is 0 Å². The van der Waals surface area contributed by atoms with Crippen LogP contribution in [0.1, 0.15) is 71.3 Å². The van der Waals surface area contributed by atoms with Crippen molar-refractivity contribution in [2.45, 2.75) is 78.4 Å². The number of nitrogens with zero attached hydrogens (tertiary/aromatic N) is 2. The van der Waals surface area contributed by atoms with Crippen LogP contribution in [0.25, 0.3) is 11.1 Å². The van der Waals surface area contributed by atoms with Crippen LogP contribution in [0.4, 0.5) is 10.5 Å². The van der Waals surface area contributed by atoms with Gasteiger partial charge in [-0.3, -0.25) is 9.79 Å². The number of carbonyl (C=O) groups excluding carboxylic acids is 1. The summed E-state index contributed by atoms with van der Waals surface area (Å²) >= 11 is 0. The van der Waals surface area contributed by atoms with Crippen LogP contribution < -0.4 is 54.5 Å². The molecule has 1 heterocycles. The Morgan fingerprint density at radius 1 is 0.900 bits per heavy atom. The summed E-state index contributed by atoms with van der Waals surface area (Å²) in [7, 11) is 0. The summed E-state index contributed by atoms with van der Waals surface area (Å²) in [5.74, 6) is 1.45. The third-order valence-electron chi connectivity index (χ3n) is 6.95. The van der Waals surface area contributed by atoms with Gasteiger partial charge in [-0.25, -0.2) is 9.78 Å². The van der Waals surface area contributed by atoms with Crippen molar-refractivity contribution in [3.8, 4) is 16.9 Å². The minimum Gasteiger partial charge on any atom is -0.491 e. The molecule has 0 fully saturated rings. The number of amides is 2. The number of hydrogen-bond donors (Lipinski definition) is 9. The van der Waals surface area contributed by atoms with Gasteiger partial charge in [-0.15, -0.1) is 0 Å². The van der Waals surface area contributed by atoms with Gasteiger partial charge >= 0.3 is 6.03 Å². The van der Waals surface area contributed by atoms with Crippen molar-refractivity contribution in [2.75, 3.05) is 44.6 Å². The highest BCUT2D eigenvalue weighted by Gasteiger charge is 2.18. The third-order valence-corrected chi connectivity index (χ3v) is 6.95. The summed E-state index contributed by atoms with van der Waals surface area (Å²) in [6.07, 6.45) is 3.27. The number of nitrogens with two attached hydrogens (primary N) is 4. The van der Waals surface area contributed by atoms with E-state index in [2.05, 4.69) is 36.2 Å². The van der Waals surface area contributed by atoms with Gasteiger partial charge in [0.1, 0.15) is 11.6 Å². The molecule has 2 amide bonds. The second kappa shape index (κ2) is 20.9. The molecule has 276 valence electrons. The molecule has 0 atom stereocenters. The van der Waals surface area contributed by atoms with Crippen molar-refractivity contribution < 1.29 is 9.53 Å². The maximum atomic E-state index is 12.4. The van der Waals surface area contributed by atoms with Crippen molar-refractivity contribution in [3.05, 3.63) is 76.0 Å². The Bertz CT molecular complexity index is 1540. The second-order valence-corrected chi connectivity index (χ2v) is 13.9. The predicted molar refractivity (Wildman–Crippen MR) is 204 cm³/mol. The maximum Gasteiger partial charge on any atom is 0.319 e. The zero-order chi connectivity index (χ0) is 37.2. The van der Waals surface area contributed by atoms with E-state index in [9.17, 15) is 9.59 Å². The molecule has 0 unspecified atom stereocenters. The van der Waals surface area contributed by atoms with Crippen LogP contribution in [-0.4, -0.2) is 66.8 Å². The van der Waals surface area contributed by atoms with Crippen LogP contribution in [0.5, 0.6) is 5.75 Å². The molecule has 13 N–H and O–H groups in total. The highest BCUT2D eigenvalue weighted by molar-refractivity contribution is 5.91. The number of aromatic nitrogens is 2. The van der Waals surface area contributed by atoms with Crippen LogP contribution in [0.2, 0.25) is 0 Å². The topological polar surface area (TPSA) is 237 Å². The van der Waals surface area contributed by atoms with Gasteiger partial charge in [0.05, 0.1) is 17.9 Å². The number of aromatic amines is 1. The van der Waals surface area contributed by atoms with Crippen molar-refractivity contribution in [3.63, 3.8) is 0 Å². The fraction of sp³-hybridized carbons (Fsp3) is 0.500. The maximum absolute atomic E-state index is 12.4. The number of carbonyl (C=O) groups is 1. The van der Waals surface area contributed by atoms with Crippen LogP contribution in [0.3, 0.4) is 0 Å². The van der Waals surface area contributed by atoms with E-state index in [1.54, 1.807) is 6.20 Å². The Kier molecular flexibility index (Phi) is 17.4. The Balaban J connectivity index is 0.000000348. The zero-order valence-corrected chi connectivity index (χ0v) is 30.6. The molecule has 0 saturated carbocycles. The molecule has 14 nitrogen and oxygen atoms in total. The summed E-state index contributed by atoms with van der Waals surface area (Å²) < 4.78 is 5.78. The zero-order valence-electron chi connectivity index (χ0n) is 30.6. The first kappa shape index (κ1) is 41.7. The number of guanidine groups is 1. The van der Waals surface area contributed by atoms with Gasteiger partial charge < -0.3 is 53.9 Å². The Morgan fingerprint density at radius 3 is 2.16 bits per heavy atom. The van der Waals surface area contributed by atoms with E-state index in [0.717, 1.165) is 49.2 Å². The number of nitrogens with one attached hydrogen (secondary N) is 5. The fourth-order valence-corrected chi connectivity index (χ4v) is 4.42.